The monoisotopic (exact) mass is 430 g/mol. The Kier molecular flexibility index (Phi) is 6.01. The van der Waals surface area contributed by atoms with Crippen molar-refractivity contribution < 1.29 is 4.79 Å². The molecule has 1 amide bonds. The van der Waals surface area contributed by atoms with E-state index in [0.717, 1.165) is 28.9 Å². The van der Waals surface area contributed by atoms with Gasteiger partial charge in [0.1, 0.15) is 5.00 Å². The molecule has 0 unspecified atom stereocenters. The predicted molar refractivity (Wildman–Crippen MR) is 122 cm³/mol. The van der Waals surface area contributed by atoms with Crippen LogP contribution in [0.5, 0.6) is 0 Å². The molecule has 1 aliphatic rings. The summed E-state index contributed by atoms with van der Waals surface area (Å²) >= 11 is 4.94. The van der Waals surface area contributed by atoms with Gasteiger partial charge in [-0.1, -0.05) is 13.0 Å². The first-order chi connectivity index (χ1) is 13.5. The van der Waals surface area contributed by atoms with Gasteiger partial charge in [-0.3, -0.25) is 9.69 Å². The number of likely N-dealkylation sites (tertiary alicyclic amines) is 1. The van der Waals surface area contributed by atoms with Gasteiger partial charge in [-0.05, 0) is 85.1 Å². The number of hydrogen-bond donors (Lipinski definition) is 1. The zero-order chi connectivity index (χ0) is 19.7. The number of nitrogens with zero attached hydrogens (tertiary/aromatic N) is 1. The Morgan fingerprint density at radius 3 is 2.64 bits per heavy atom. The van der Waals surface area contributed by atoms with Crippen molar-refractivity contribution in [2.45, 2.75) is 39.7 Å². The SMILES string of the molecule is Cc1sc(NC(=O)c2cccs2)c([C@H](c2ccsc2)N2CCC(C)CC2)c1C. The molecule has 0 bridgehead atoms. The van der Waals surface area contributed by atoms with E-state index in [0.29, 0.717) is 0 Å². The Morgan fingerprint density at radius 1 is 1.21 bits per heavy atom. The molecule has 0 aromatic carbocycles. The summed E-state index contributed by atoms with van der Waals surface area (Å²) in [5, 5.41) is 10.6. The van der Waals surface area contributed by atoms with Gasteiger partial charge in [-0.2, -0.15) is 11.3 Å². The molecule has 0 saturated carbocycles. The number of carbonyl (C=O) groups is 1. The van der Waals surface area contributed by atoms with Crippen molar-refractivity contribution in [3.8, 4) is 0 Å². The third-order valence-electron chi connectivity index (χ3n) is 5.72. The summed E-state index contributed by atoms with van der Waals surface area (Å²) in [5.41, 5.74) is 3.92. The van der Waals surface area contributed by atoms with Gasteiger partial charge in [0.2, 0.25) is 0 Å². The second-order valence-corrected chi connectivity index (χ2v) is 10.6. The molecule has 1 fully saturated rings. The van der Waals surface area contributed by atoms with Gasteiger partial charge in [0.15, 0.2) is 0 Å². The fraction of sp³-hybridized carbons (Fsp3) is 0.409. The van der Waals surface area contributed by atoms with Crippen molar-refractivity contribution >= 4 is 44.9 Å². The van der Waals surface area contributed by atoms with Crippen LogP contribution in [0.1, 0.15) is 57.0 Å². The van der Waals surface area contributed by atoms with E-state index in [1.54, 1.807) is 22.7 Å². The molecule has 148 valence electrons. The number of anilines is 1. The van der Waals surface area contributed by atoms with Crippen LogP contribution in [0.3, 0.4) is 0 Å². The van der Waals surface area contributed by atoms with E-state index < -0.39 is 0 Å². The minimum atomic E-state index is -0.00571. The highest BCUT2D eigenvalue weighted by Gasteiger charge is 2.31. The fourth-order valence-electron chi connectivity index (χ4n) is 3.92. The van der Waals surface area contributed by atoms with E-state index in [4.69, 9.17) is 0 Å². The van der Waals surface area contributed by atoms with Crippen LogP contribution in [0, 0.1) is 19.8 Å². The maximum absolute atomic E-state index is 12.8. The number of aryl methyl sites for hydroxylation is 1. The first-order valence-electron chi connectivity index (χ1n) is 9.75. The molecule has 1 aliphatic heterocycles. The maximum atomic E-state index is 12.8. The fourth-order valence-corrected chi connectivity index (χ4v) is 6.30. The molecule has 1 saturated heterocycles. The van der Waals surface area contributed by atoms with Crippen LogP contribution in [0.2, 0.25) is 0 Å². The molecule has 3 nitrogen and oxygen atoms in total. The van der Waals surface area contributed by atoms with Crippen LogP contribution in [-0.4, -0.2) is 23.9 Å². The van der Waals surface area contributed by atoms with Crippen LogP contribution in [0.25, 0.3) is 0 Å². The summed E-state index contributed by atoms with van der Waals surface area (Å²) in [5.74, 6) is 0.788. The van der Waals surface area contributed by atoms with Gasteiger partial charge in [-0.15, -0.1) is 22.7 Å². The Hall–Kier alpha value is -1.47. The topological polar surface area (TPSA) is 32.3 Å². The third kappa shape index (κ3) is 3.96. The van der Waals surface area contributed by atoms with Crippen molar-refractivity contribution in [2.75, 3.05) is 18.4 Å². The van der Waals surface area contributed by atoms with Gasteiger partial charge in [0.25, 0.3) is 5.91 Å². The highest BCUT2D eigenvalue weighted by Crippen LogP contribution is 2.43. The number of amides is 1. The minimum Gasteiger partial charge on any atom is -0.313 e. The Morgan fingerprint density at radius 2 is 2.00 bits per heavy atom. The second kappa shape index (κ2) is 8.49. The minimum absolute atomic E-state index is 0.00571. The zero-order valence-electron chi connectivity index (χ0n) is 16.5. The standard InChI is InChI=1S/C22H26N2OS3/c1-14-6-9-24(10-7-14)20(17-8-12-26-13-17)19-15(2)16(3)28-22(19)23-21(25)18-5-4-11-27-18/h4-5,8,11-14,20H,6-7,9-10H2,1-3H3,(H,23,25)/t20-/m0/s1. The van der Waals surface area contributed by atoms with Gasteiger partial charge in [0.05, 0.1) is 10.9 Å². The molecule has 0 spiro atoms. The third-order valence-corrected chi connectivity index (χ3v) is 8.43. The molecule has 6 heteroatoms. The average Bonchev–Trinajstić information content (AvgIpc) is 3.43. The van der Waals surface area contributed by atoms with Crippen molar-refractivity contribution in [1.82, 2.24) is 4.90 Å². The number of rotatable bonds is 5. The highest BCUT2D eigenvalue weighted by molar-refractivity contribution is 7.17. The first-order valence-corrected chi connectivity index (χ1v) is 12.4. The lowest BCUT2D eigenvalue weighted by molar-refractivity contribution is 0.103. The summed E-state index contributed by atoms with van der Waals surface area (Å²) in [4.78, 5) is 17.4. The highest BCUT2D eigenvalue weighted by atomic mass is 32.1. The smallest absolute Gasteiger partial charge is 0.266 e. The van der Waals surface area contributed by atoms with Crippen LogP contribution in [0.15, 0.2) is 34.3 Å². The molecule has 4 heterocycles. The summed E-state index contributed by atoms with van der Waals surface area (Å²) in [6.07, 6.45) is 2.47. The molecule has 1 atom stereocenters. The second-order valence-electron chi connectivity index (χ2n) is 7.64. The molecule has 3 aromatic heterocycles. The van der Waals surface area contributed by atoms with Gasteiger partial charge >= 0.3 is 0 Å². The summed E-state index contributed by atoms with van der Waals surface area (Å²) in [6, 6.07) is 6.26. The molecular weight excluding hydrogens is 404 g/mol. The van der Waals surface area contributed by atoms with Gasteiger partial charge in [-0.25, -0.2) is 0 Å². The van der Waals surface area contributed by atoms with Gasteiger partial charge in [0, 0.05) is 10.4 Å². The molecule has 1 N–H and O–H groups in total. The average molecular weight is 431 g/mol. The Balaban J connectivity index is 1.72. The maximum Gasteiger partial charge on any atom is 0.266 e. The quantitative estimate of drug-likeness (QED) is 0.497. The summed E-state index contributed by atoms with van der Waals surface area (Å²) in [7, 11) is 0. The van der Waals surface area contributed by atoms with Crippen LogP contribution >= 0.6 is 34.0 Å². The van der Waals surface area contributed by atoms with E-state index in [1.807, 2.05) is 17.5 Å². The number of nitrogens with one attached hydrogen (secondary N) is 1. The lowest BCUT2D eigenvalue weighted by Crippen LogP contribution is -2.37. The predicted octanol–water partition coefficient (Wildman–Crippen LogP) is 6.56. The van der Waals surface area contributed by atoms with Crippen molar-refractivity contribution in [3.05, 3.63) is 60.8 Å². The Labute approximate surface area is 179 Å². The van der Waals surface area contributed by atoms with Crippen LogP contribution in [0.4, 0.5) is 5.00 Å². The number of carbonyl (C=O) groups excluding carboxylic acids is 1. The number of hydrogen-bond acceptors (Lipinski definition) is 5. The first kappa shape index (κ1) is 19.8. The van der Waals surface area contributed by atoms with E-state index in [-0.39, 0.29) is 11.9 Å². The summed E-state index contributed by atoms with van der Waals surface area (Å²) in [6.45, 7) is 8.92. The largest absolute Gasteiger partial charge is 0.313 e. The van der Waals surface area contributed by atoms with E-state index in [1.165, 1.54) is 45.7 Å². The van der Waals surface area contributed by atoms with E-state index >= 15 is 0 Å². The normalized spacial score (nSPS) is 17.0. The lowest BCUT2D eigenvalue weighted by atomic mass is 9.92. The van der Waals surface area contributed by atoms with Crippen LogP contribution < -0.4 is 5.32 Å². The zero-order valence-corrected chi connectivity index (χ0v) is 19.0. The van der Waals surface area contributed by atoms with E-state index in [2.05, 4.69) is 47.8 Å². The van der Waals surface area contributed by atoms with Crippen LogP contribution in [-0.2, 0) is 0 Å². The lowest BCUT2D eigenvalue weighted by Gasteiger charge is -2.37. The van der Waals surface area contributed by atoms with Gasteiger partial charge < -0.3 is 5.32 Å². The van der Waals surface area contributed by atoms with E-state index in [9.17, 15) is 4.79 Å². The summed E-state index contributed by atoms with van der Waals surface area (Å²) < 4.78 is 0. The number of thiophene rings is 3. The molecule has 28 heavy (non-hydrogen) atoms. The van der Waals surface area contributed by atoms with Crippen molar-refractivity contribution in [3.63, 3.8) is 0 Å². The molecule has 0 aliphatic carbocycles. The van der Waals surface area contributed by atoms with Crippen molar-refractivity contribution in [1.29, 1.82) is 0 Å². The molecule has 4 rings (SSSR count). The number of piperidine rings is 1. The molecule has 0 radical (unpaired) electrons. The van der Waals surface area contributed by atoms with Crippen molar-refractivity contribution in [2.24, 2.45) is 5.92 Å². The molecule has 3 aromatic rings. The Bertz CT molecular complexity index is 920. The molecular formula is C22H26N2OS3.